The van der Waals surface area contributed by atoms with Gasteiger partial charge in [-0.3, -0.25) is 0 Å². The van der Waals surface area contributed by atoms with Gasteiger partial charge in [0, 0.05) is 29.7 Å². The molecule has 1 aromatic carbocycles. The zero-order valence-corrected chi connectivity index (χ0v) is 12.3. The van der Waals surface area contributed by atoms with Gasteiger partial charge >= 0.3 is 0 Å². The van der Waals surface area contributed by atoms with E-state index in [0.717, 1.165) is 38.9 Å². The number of rotatable bonds is 4. The number of aromatic amines is 1. The molecule has 3 heterocycles. The van der Waals surface area contributed by atoms with Crippen LogP contribution < -0.4 is 5.32 Å². The first kappa shape index (κ1) is 13.7. The predicted octanol–water partition coefficient (Wildman–Crippen LogP) is 2.58. The quantitative estimate of drug-likeness (QED) is 0.539. The fourth-order valence-electron chi connectivity index (χ4n) is 2.75. The van der Waals surface area contributed by atoms with E-state index in [9.17, 15) is 0 Å². The van der Waals surface area contributed by atoms with Gasteiger partial charge in [0.2, 0.25) is 0 Å². The minimum Gasteiger partial charge on any atom is -0.395 e. The molecule has 6 nitrogen and oxygen atoms in total. The van der Waals surface area contributed by atoms with Gasteiger partial charge in [-0.15, -0.1) is 0 Å². The molecule has 0 atom stereocenters. The fourth-order valence-corrected chi connectivity index (χ4v) is 2.75. The molecule has 23 heavy (non-hydrogen) atoms. The van der Waals surface area contributed by atoms with Crippen LogP contribution in [0.4, 0.5) is 5.82 Å². The number of nitrogens with one attached hydrogen (secondary N) is 2. The molecule has 0 fully saturated rings. The molecule has 0 amide bonds. The molecule has 0 saturated heterocycles. The number of anilines is 1. The number of aliphatic hydroxyl groups excluding tert-OH is 1. The summed E-state index contributed by atoms with van der Waals surface area (Å²) in [6.07, 6.45) is 5.21. The highest BCUT2D eigenvalue weighted by Gasteiger charge is 2.09. The summed E-state index contributed by atoms with van der Waals surface area (Å²) in [5, 5.41) is 14.1. The molecule has 0 bridgehead atoms. The van der Waals surface area contributed by atoms with Crippen LogP contribution in [0.2, 0.25) is 0 Å². The van der Waals surface area contributed by atoms with E-state index in [1.165, 1.54) is 6.33 Å². The summed E-state index contributed by atoms with van der Waals surface area (Å²) in [5.74, 6) is 0.727. The van der Waals surface area contributed by atoms with Crippen LogP contribution in [0.15, 0.2) is 49.1 Å². The van der Waals surface area contributed by atoms with Crippen molar-refractivity contribution in [3.05, 3.63) is 49.1 Å². The molecule has 0 spiro atoms. The lowest BCUT2D eigenvalue weighted by molar-refractivity contribution is 0.311. The SMILES string of the molecule is OCCNc1ncnc2ccc(-c3ccnc4[nH]ccc34)cc12. The highest BCUT2D eigenvalue weighted by Crippen LogP contribution is 2.30. The Hall–Kier alpha value is -2.99. The number of fused-ring (bicyclic) bond motifs is 2. The number of pyridine rings is 1. The standard InChI is InChI=1S/C17H15N5O/c23-8-7-20-17-14-9-11(1-2-15(14)21-10-22-17)12-3-5-18-16-13(12)4-6-19-16/h1-6,9-10,23H,7-8H2,(H,18,19)(H,20,21,22). The molecular weight excluding hydrogens is 290 g/mol. The van der Waals surface area contributed by atoms with Crippen LogP contribution in [0.25, 0.3) is 33.1 Å². The lowest BCUT2D eigenvalue weighted by atomic mass is 10.0. The van der Waals surface area contributed by atoms with E-state index in [-0.39, 0.29) is 6.61 Å². The number of hydrogen-bond donors (Lipinski definition) is 3. The van der Waals surface area contributed by atoms with E-state index >= 15 is 0 Å². The van der Waals surface area contributed by atoms with Crippen LogP contribution in [0.5, 0.6) is 0 Å². The zero-order chi connectivity index (χ0) is 15.6. The Kier molecular flexibility index (Phi) is 3.36. The smallest absolute Gasteiger partial charge is 0.137 e. The third-order valence-electron chi connectivity index (χ3n) is 3.81. The largest absolute Gasteiger partial charge is 0.395 e. The number of hydrogen-bond acceptors (Lipinski definition) is 5. The van der Waals surface area contributed by atoms with E-state index in [2.05, 4.69) is 31.3 Å². The molecule has 6 heteroatoms. The second-order valence-electron chi connectivity index (χ2n) is 5.20. The van der Waals surface area contributed by atoms with Crippen molar-refractivity contribution in [2.75, 3.05) is 18.5 Å². The highest BCUT2D eigenvalue weighted by atomic mass is 16.3. The molecule has 0 aliphatic carbocycles. The summed E-state index contributed by atoms with van der Waals surface area (Å²) in [6, 6.07) is 10.1. The van der Waals surface area contributed by atoms with E-state index in [4.69, 9.17) is 5.11 Å². The molecule has 114 valence electrons. The Labute approximate surface area is 132 Å². The molecule has 4 rings (SSSR count). The van der Waals surface area contributed by atoms with Gasteiger partial charge in [0.25, 0.3) is 0 Å². The molecule has 0 unspecified atom stereocenters. The Morgan fingerprint density at radius 1 is 1.04 bits per heavy atom. The lowest BCUT2D eigenvalue weighted by Gasteiger charge is -2.09. The van der Waals surface area contributed by atoms with Crippen LogP contribution in [0, 0.1) is 0 Å². The molecule has 0 aliphatic heterocycles. The van der Waals surface area contributed by atoms with Crippen molar-refractivity contribution in [3.8, 4) is 11.1 Å². The Morgan fingerprint density at radius 3 is 2.91 bits per heavy atom. The third kappa shape index (κ3) is 2.39. The summed E-state index contributed by atoms with van der Waals surface area (Å²) in [6.45, 7) is 0.507. The van der Waals surface area contributed by atoms with Crippen LogP contribution in [0.3, 0.4) is 0 Å². The number of aromatic nitrogens is 4. The van der Waals surface area contributed by atoms with Crippen molar-refractivity contribution < 1.29 is 5.11 Å². The summed E-state index contributed by atoms with van der Waals surface area (Å²) >= 11 is 0. The summed E-state index contributed by atoms with van der Waals surface area (Å²) in [5.41, 5.74) is 3.91. The van der Waals surface area contributed by atoms with Gasteiger partial charge in [0.1, 0.15) is 17.8 Å². The normalized spacial score (nSPS) is 11.2. The molecule has 0 saturated carbocycles. The molecule has 0 aliphatic rings. The zero-order valence-electron chi connectivity index (χ0n) is 12.3. The number of nitrogens with zero attached hydrogens (tertiary/aromatic N) is 3. The van der Waals surface area contributed by atoms with Crippen molar-refractivity contribution in [3.63, 3.8) is 0 Å². The summed E-state index contributed by atoms with van der Waals surface area (Å²) in [7, 11) is 0. The molecule has 0 radical (unpaired) electrons. The van der Waals surface area contributed by atoms with Crippen LogP contribution in [-0.4, -0.2) is 38.2 Å². The van der Waals surface area contributed by atoms with Crippen molar-refractivity contribution in [2.24, 2.45) is 0 Å². The number of H-pyrrole nitrogens is 1. The van der Waals surface area contributed by atoms with Crippen molar-refractivity contribution in [1.82, 2.24) is 19.9 Å². The Bertz CT molecular complexity index is 979. The van der Waals surface area contributed by atoms with Crippen LogP contribution in [-0.2, 0) is 0 Å². The van der Waals surface area contributed by atoms with E-state index < -0.39 is 0 Å². The maximum atomic E-state index is 9.01. The molecular formula is C17H15N5O. The van der Waals surface area contributed by atoms with E-state index in [1.54, 1.807) is 6.20 Å². The van der Waals surface area contributed by atoms with Gasteiger partial charge in [-0.2, -0.15) is 0 Å². The van der Waals surface area contributed by atoms with E-state index in [0.29, 0.717) is 6.54 Å². The van der Waals surface area contributed by atoms with Gasteiger partial charge < -0.3 is 15.4 Å². The van der Waals surface area contributed by atoms with Crippen LogP contribution >= 0.6 is 0 Å². The number of benzene rings is 1. The first-order valence-electron chi connectivity index (χ1n) is 7.39. The van der Waals surface area contributed by atoms with Crippen molar-refractivity contribution in [1.29, 1.82) is 0 Å². The third-order valence-corrected chi connectivity index (χ3v) is 3.81. The first-order valence-corrected chi connectivity index (χ1v) is 7.39. The molecule has 4 aromatic rings. The first-order chi connectivity index (χ1) is 11.4. The second-order valence-corrected chi connectivity index (χ2v) is 5.20. The Morgan fingerprint density at radius 2 is 2.00 bits per heavy atom. The molecule has 3 N–H and O–H groups in total. The number of aliphatic hydroxyl groups is 1. The fraction of sp³-hybridized carbons (Fsp3) is 0.118. The Balaban J connectivity index is 1.89. The van der Waals surface area contributed by atoms with Crippen LogP contribution in [0.1, 0.15) is 0 Å². The topological polar surface area (TPSA) is 86.7 Å². The minimum atomic E-state index is 0.0551. The van der Waals surface area contributed by atoms with Gasteiger partial charge in [0.05, 0.1) is 12.1 Å². The monoisotopic (exact) mass is 305 g/mol. The average Bonchev–Trinajstić information content (AvgIpc) is 3.08. The van der Waals surface area contributed by atoms with E-state index in [1.807, 2.05) is 30.5 Å². The summed E-state index contributed by atoms with van der Waals surface area (Å²) < 4.78 is 0. The van der Waals surface area contributed by atoms with Crippen molar-refractivity contribution in [2.45, 2.75) is 0 Å². The maximum absolute atomic E-state index is 9.01. The second kappa shape index (κ2) is 5.66. The van der Waals surface area contributed by atoms with Gasteiger partial charge in [0.15, 0.2) is 0 Å². The predicted molar refractivity (Wildman–Crippen MR) is 90.2 cm³/mol. The van der Waals surface area contributed by atoms with Gasteiger partial charge in [-0.05, 0) is 35.4 Å². The van der Waals surface area contributed by atoms with Crippen molar-refractivity contribution >= 4 is 27.8 Å². The minimum absolute atomic E-state index is 0.0551. The summed E-state index contributed by atoms with van der Waals surface area (Å²) in [4.78, 5) is 16.0. The lowest BCUT2D eigenvalue weighted by Crippen LogP contribution is -2.07. The highest BCUT2D eigenvalue weighted by molar-refractivity contribution is 5.98. The molecule has 3 aromatic heterocycles. The average molecular weight is 305 g/mol. The van der Waals surface area contributed by atoms with Gasteiger partial charge in [-0.1, -0.05) is 6.07 Å². The van der Waals surface area contributed by atoms with Gasteiger partial charge in [-0.25, -0.2) is 15.0 Å². The maximum Gasteiger partial charge on any atom is 0.137 e.